The standard InChI is InChI=1S/C13H19N3O2/c1-9(17)10-6-12(16(2)8-10)13(18)15-7-11-4-3-5-14-11/h6,8,11,14H,3-5,7H2,1-2H3,(H,15,18). The highest BCUT2D eigenvalue weighted by atomic mass is 16.2. The Morgan fingerprint density at radius 1 is 1.56 bits per heavy atom. The maximum atomic E-state index is 12.0. The van der Waals surface area contributed by atoms with Crippen molar-refractivity contribution in [2.24, 2.45) is 7.05 Å². The van der Waals surface area contributed by atoms with Crippen molar-refractivity contribution in [2.75, 3.05) is 13.1 Å². The van der Waals surface area contributed by atoms with Gasteiger partial charge < -0.3 is 15.2 Å². The smallest absolute Gasteiger partial charge is 0.267 e. The van der Waals surface area contributed by atoms with Crippen molar-refractivity contribution in [3.8, 4) is 0 Å². The third kappa shape index (κ3) is 2.79. The third-order valence-electron chi connectivity index (χ3n) is 3.32. The summed E-state index contributed by atoms with van der Waals surface area (Å²) in [6.45, 7) is 3.16. The van der Waals surface area contributed by atoms with Crippen LogP contribution in [-0.2, 0) is 7.05 Å². The van der Waals surface area contributed by atoms with Crippen LogP contribution in [0.3, 0.4) is 0 Å². The molecule has 0 bridgehead atoms. The Hall–Kier alpha value is -1.62. The van der Waals surface area contributed by atoms with E-state index in [1.807, 2.05) is 0 Å². The summed E-state index contributed by atoms with van der Waals surface area (Å²) in [5.74, 6) is -0.152. The Bertz CT molecular complexity index is 459. The Morgan fingerprint density at radius 3 is 2.89 bits per heavy atom. The van der Waals surface area contributed by atoms with E-state index in [0.29, 0.717) is 23.8 Å². The second-order valence-corrected chi connectivity index (χ2v) is 4.78. The van der Waals surface area contributed by atoms with E-state index >= 15 is 0 Å². The van der Waals surface area contributed by atoms with Crippen LogP contribution in [-0.4, -0.2) is 35.4 Å². The zero-order valence-electron chi connectivity index (χ0n) is 10.8. The lowest BCUT2D eigenvalue weighted by Crippen LogP contribution is -2.37. The molecule has 2 N–H and O–H groups in total. The molecule has 1 aromatic rings. The van der Waals surface area contributed by atoms with Crippen LogP contribution >= 0.6 is 0 Å². The van der Waals surface area contributed by atoms with Crippen LogP contribution < -0.4 is 10.6 Å². The van der Waals surface area contributed by atoms with E-state index in [4.69, 9.17) is 0 Å². The first-order chi connectivity index (χ1) is 8.58. The van der Waals surface area contributed by atoms with Crippen molar-refractivity contribution in [1.29, 1.82) is 0 Å². The van der Waals surface area contributed by atoms with Gasteiger partial charge in [-0.25, -0.2) is 0 Å². The normalized spacial score (nSPS) is 18.9. The fourth-order valence-corrected chi connectivity index (χ4v) is 2.22. The van der Waals surface area contributed by atoms with Crippen molar-refractivity contribution in [2.45, 2.75) is 25.8 Å². The molecule has 1 atom stereocenters. The molecule has 1 aliphatic rings. The Balaban J connectivity index is 1.97. The number of nitrogens with one attached hydrogen (secondary N) is 2. The minimum absolute atomic E-state index is 0.0258. The molecule has 1 aliphatic heterocycles. The molecule has 18 heavy (non-hydrogen) atoms. The predicted molar refractivity (Wildman–Crippen MR) is 68.8 cm³/mol. The molecule has 0 aromatic carbocycles. The molecular formula is C13H19N3O2. The number of carbonyl (C=O) groups excluding carboxylic acids is 2. The SMILES string of the molecule is CC(=O)c1cc(C(=O)NCC2CCCN2)n(C)c1. The van der Waals surface area contributed by atoms with Gasteiger partial charge in [-0.2, -0.15) is 0 Å². The Morgan fingerprint density at radius 2 is 2.33 bits per heavy atom. The zero-order valence-corrected chi connectivity index (χ0v) is 10.8. The van der Waals surface area contributed by atoms with E-state index in [2.05, 4.69) is 10.6 Å². The summed E-state index contributed by atoms with van der Waals surface area (Å²) in [6.07, 6.45) is 3.95. The van der Waals surface area contributed by atoms with Crippen molar-refractivity contribution in [3.05, 3.63) is 23.5 Å². The molecule has 2 rings (SSSR count). The molecule has 1 saturated heterocycles. The van der Waals surface area contributed by atoms with Crippen LogP contribution in [0.15, 0.2) is 12.3 Å². The topological polar surface area (TPSA) is 63.1 Å². The first-order valence-electron chi connectivity index (χ1n) is 6.27. The quantitative estimate of drug-likeness (QED) is 0.772. The number of carbonyl (C=O) groups is 2. The van der Waals surface area contributed by atoms with Crippen LogP contribution in [0.2, 0.25) is 0 Å². The average Bonchev–Trinajstić information content (AvgIpc) is 2.94. The maximum absolute atomic E-state index is 12.0. The van der Waals surface area contributed by atoms with Gasteiger partial charge in [0.2, 0.25) is 0 Å². The van der Waals surface area contributed by atoms with Crippen LogP contribution in [0.1, 0.15) is 40.6 Å². The first-order valence-corrected chi connectivity index (χ1v) is 6.27. The number of hydrogen-bond acceptors (Lipinski definition) is 3. The number of rotatable bonds is 4. The minimum atomic E-state index is -0.126. The van der Waals surface area contributed by atoms with E-state index in [1.165, 1.54) is 13.3 Å². The Labute approximate surface area is 107 Å². The van der Waals surface area contributed by atoms with Crippen molar-refractivity contribution in [3.63, 3.8) is 0 Å². The number of amides is 1. The molecule has 5 nitrogen and oxygen atoms in total. The molecule has 1 unspecified atom stereocenters. The third-order valence-corrected chi connectivity index (χ3v) is 3.32. The van der Waals surface area contributed by atoms with Gasteiger partial charge in [0.1, 0.15) is 5.69 Å². The fraction of sp³-hybridized carbons (Fsp3) is 0.538. The van der Waals surface area contributed by atoms with Gasteiger partial charge in [0.15, 0.2) is 5.78 Å². The number of ketones is 1. The van der Waals surface area contributed by atoms with Crippen molar-refractivity contribution >= 4 is 11.7 Å². The van der Waals surface area contributed by atoms with Crippen molar-refractivity contribution < 1.29 is 9.59 Å². The molecule has 0 spiro atoms. The number of hydrogen-bond donors (Lipinski definition) is 2. The lowest BCUT2D eigenvalue weighted by molar-refractivity contribution is 0.0942. The molecule has 1 fully saturated rings. The molecule has 5 heteroatoms. The van der Waals surface area contributed by atoms with Gasteiger partial charge in [0.25, 0.3) is 5.91 Å². The monoisotopic (exact) mass is 249 g/mol. The summed E-state index contributed by atoms with van der Waals surface area (Å²) < 4.78 is 1.69. The van der Waals surface area contributed by atoms with E-state index in [0.717, 1.165) is 13.0 Å². The highest BCUT2D eigenvalue weighted by Crippen LogP contribution is 2.09. The van der Waals surface area contributed by atoms with Gasteiger partial charge >= 0.3 is 0 Å². The highest BCUT2D eigenvalue weighted by molar-refractivity contribution is 5.99. The first kappa shape index (κ1) is 12.8. The summed E-state index contributed by atoms with van der Waals surface area (Å²) in [6, 6.07) is 2.02. The highest BCUT2D eigenvalue weighted by Gasteiger charge is 2.17. The second-order valence-electron chi connectivity index (χ2n) is 4.78. The lowest BCUT2D eigenvalue weighted by atomic mass is 10.2. The summed E-state index contributed by atoms with van der Waals surface area (Å²) in [5, 5.41) is 6.23. The predicted octanol–water partition coefficient (Wildman–Crippen LogP) is 0.709. The van der Waals surface area contributed by atoms with E-state index in [9.17, 15) is 9.59 Å². The molecule has 2 heterocycles. The molecule has 0 aliphatic carbocycles. The van der Waals surface area contributed by atoms with Crippen molar-refractivity contribution in [1.82, 2.24) is 15.2 Å². The summed E-state index contributed by atoms with van der Waals surface area (Å²) in [7, 11) is 1.77. The average molecular weight is 249 g/mol. The molecule has 98 valence electrons. The Kier molecular flexibility index (Phi) is 3.81. The molecule has 1 aromatic heterocycles. The molecular weight excluding hydrogens is 230 g/mol. The van der Waals surface area contributed by atoms with Gasteiger partial charge in [-0.05, 0) is 32.4 Å². The van der Waals surface area contributed by atoms with Gasteiger partial charge in [-0.3, -0.25) is 9.59 Å². The number of nitrogens with zero attached hydrogens (tertiary/aromatic N) is 1. The molecule has 0 radical (unpaired) electrons. The van der Waals surface area contributed by atoms with Crippen LogP contribution in [0.25, 0.3) is 0 Å². The zero-order chi connectivity index (χ0) is 13.1. The lowest BCUT2D eigenvalue weighted by Gasteiger charge is -2.11. The van der Waals surface area contributed by atoms with Gasteiger partial charge in [-0.1, -0.05) is 0 Å². The second kappa shape index (κ2) is 5.35. The largest absolute Gasteiger partial charge is 0.349 e. The van der Waals surface area contributed by atoms with Gasteiger partial charge in [0.05, 0.1) is 0 Å². The number of aryl methyl sites for hydroxylation is 1. The summed E-state index contributed by atoms with van der Waals surface area (Å²) in [5.41, 5.74) is 1.10. The fourth-order valence-electron chi connectivity index (χ4n) is 2.22. The van der Waals surface area contributed by atoms with Crippen LogP contribution in [0.5, 0.6) is 0 Å². The molecule has 1 amide bonds. The van der Waals surface area contributed by atoms with Crippen LogP contribution in [0, 0.1) is 0 Å². The van der Waals surface area contributed by atoms with E-state index in [1.54, 1.807) is 23.9 Å². The van der Waals surface area contributed by atoms with Gasteiger partial charge in [-0.15, -0.1) is 0 Å². The van der Waals surface area contributed by atoms with Gasteiger partial charge in [0, 0.05) is 31.4 Å². The maximum Gasteiger partial charge on any atom is 0.267 e. The molecule has 0 saturated carbocycles. The summed E-state index contributed by atoms with van der Waals surface area (Å²) >= 11 is 0. The number of Topliss-reactive ketones (excluding diaryl/α,β-unsaturated/α-hetero) is 1. The number of aromatic nitrogens is 1. The summed E-state index contributed by atoms with van der Waals surface area (Å²) in [4.78, 5) is 23.2. The van der Waals surface area contributed by atoms with E-state index in [-0.39, 0.29) is 11.7 Å². The van der Waals surface area contributed by atoms with E-state index < -0.39 is 0 Å². The van der Waals surface area contributed by atoms with Crippen LogP contribution in [0.4, 0.5) is 0 Å². The minimum Gasteiger partial charge on any atom is -0.349 e.